The molecular weight excluding hydrogens is 394 g/mol. The predicted molar refractivity (Wildman–Crippen MR) is 129 cm³/mol. The van der Waals surface area contributed by atoms with E-state index in [1.165, 1.54) is 0 Å². The normalized spacial score (nSPS) is 12.2. The van der Waals surface area contributed by atoms with E-state index in [0.29, 0.717) is 5.89 Å². The fraction of sp³-hybridized carbons (Fsp3) is 0. The van der Waals surface area contributed by atoms with Gasteiger partial charge in [0.2, 0.25) is 5.89 Å². The van der Waals surface area contributed by atoms with Crippen LogP contribution in [0.1, 0.15) is 11.1 Å². The first-order valence-corrected chi connectivity index (χ1v) is 10.5. The SMILES string of the molecule is C1=Cc2ccc(-c3ncco3)cc2N(c2cccc(-c3ccccn3)c2)c2ccccc21. The molecule has 4 heteroatoms. The quantitative estimate of drug-likeness (QED) is 0.304. The molecule has 152 valence electrons. The number of benzene rings is 3. The molecule has 0 N–H and O–H groups in total. The van der Waals surface area contributed by atoms with Crippen LogP contribution in [0.5, 0.6) is 0 Å². The van der Waals surface area contributed by atoms with Gasteiger partial charge in [-0.3, -0.25) is 4.98 Å². The van der Waals surface area contributed by atoms with Crippen molar-refractivity contribution in [2.45, 2.75) is 0 Å². The van der Waals surface area contributed by atoms with E-state index >= 15 is 0 Å². The van der Waals surface area contributed by atoms with Crippen LogP contribution < -0.4 is 4.90 Å². The Morgan fingerprint density at radius 2 is 1.50 bits per heavy atom. The molecule has 0 aliphatic carbocycles. The Morgan fingerprint density at radius 3 is 2.34 bits per heavy atom. The molecule has 1 aliphatic heterocycles. The summed E-state index contributed by atoms with van der Waals surface area (Å²) < 4.78 is 5.57. The highest BCUT2D eigenvalue weighted by molar-refractivity contribution is 5.94. The number of hydrogen-bond acceptors (Lipinski definition) is 4. The summed E-state index contributed by atoms with van der Waals surface area (Å²) in [5.74, 6) is 0.608. The number of fused-ring (bicyclic) bond motifs is 2. The average Bonchev–Trinajstić information content (AvgIpc) is 3.34. The third kappa shape index (κ3) is 3.19. The standard InChI is InChI=1S/C28H19N3O/c1-2-10-26-20(6-1)11-12-21-13-14-23(28-30-16-17-32-28)19-27(21)31(26)24-8-5-7-22(18-24)25-9-3-4-15-29-25/h1-19H. The molecule has 0 spiro atoms. The lowest BCUT2D eigenvalue weighted by atomic mass is 10.1. The van der Waals surface area contributed by atoms with Crippen LogP contribution in [0, 0.1) is 0 Å². The van der Waals surface area contributed by atoms with Gasteiger partial charge in [-0.25, -0.2) is 4.98 Å². The first-order chi connectivity index (χ1) is 15.9. The molecule has 0 bridgehead atoms. The number of oxazole rings is 1. The number of aromatic nitrogens is 2. The van der Waals surface area contributed by atoms with Crippen molar-refractivity contribution in [1.29, 1.82) is 0 Å². The number of para-hydroxylation sites is 1. The third-order valence-corrected chi connectivity index (χ3v) is 5.64. The summed E-state index contributed by atoms with van der Waals surface area (Å²) in [6.45, 7) is 0. The fourth-order valence-electron chi connectivity index (χ4n) is 4.13. The summed E-state index contributed by atoms with van der Waals surface area (Å²) in [7, 11) is 0. The lowest BCUT2D eigenvalue weighted by molar-refractivity contribution is 0.574. The summed E-state index contributed by atoms with van der Waals surface area (Å²) in [6.07, 6.45) is 9.43. The zero-order valence-electron chi connectivity index (χ0n) is 17.2. The highest BCUT2D eigenvalue weighted by atomic mass is 16.3. The van der Waals surface area contributed by atoms with Crippen molar-refractivity contribution in [2.24, 2.45) is 0 Å². The highest BCUT2D eigenvalue weighted by Crippen LogP contribution is 2.43. The predicted octanol–water partition coefficient (Wildman–Crippen LogP) is 7.36. The minimum Gasteiger partial charge on any atom is -0.445 e. The van der Waals surface area contributed by atoms with Crippen LogP contribution in [-0.4, -0.2) is 9.97 Å². The van der Waals surface area contributed by atoms with Crippen LogP contribution in [0.2, 0.25) is 0 Å². The molecule has 3 aromatic carbocycles. The topological polar surface area (TPSA) is 42.2 Å². The van der Waals surface area contributed by atoms with Crippen molar-refractivity contribution in [3.8, 4) is 22.7 Å². The van der Waals surface area contributed by atoms with Crippen molar-refractivity contribution in [1.82, 2.24) is 9.97 Å². The van der Waals surface area contributed by atoms with Crippen molar-refractivity contribution in [2.75, 3.05) is 4.90 Å². The largest absolute Gasteiger partial charge is 0.445 e. The summed E-state index contributed by atoms with van der Waals surface area (Å²) in [5, 5.41) is 0. The Bertz CT molecular complexity index is 1420. The smallest absolute Gasteiger partial charge is 0.225 e. The van der Waals surface area contributed by atoms with E-state index in [-0.39, 0.29) is 0 Å². The molecule has 0 atom stereocenters. The second kappa shape index (κ2) is 7.67. The molecule has 6 rings (SSSR count). The van der Waals surface area contributed by atoms with Gasteiger partial charge >= 0.3 is 0 Å². The Hall–Kier alpha value is -4.44. The van der Waals surface area contributed by atoms with Crippen LogP contribution in [0.3, 0.4) is 0 Å². The van der Waals surface area contributed by atoms with Gasteiger partial charge in [0.05, 0.1) is 23.3 Å². The van der Waals surface area contributed by atoms with Crippen molar-refractivity contribution >= 4 is 29.2 Å². The maximum atomic E-state index is 5.57. The van der Waals surface area contributed by atoms with E-state index < -0.39 is 0 Å². The number of hydrogen-bond donors (Lipinski definition) is 0. The molecule has 3 heterocycles. The lowest BCUT2D eigenvalue weighted by Crippen LogP contribution is -2.12. The van der Waals surface area contributed by atoms with E-state index in [4.69, 9.17) is 4.42 Å². The number of pyridine rings is 1. The summed E-state index contributed by atoms with van der Waals surface area (Å²) in [4.78, 5) is 11.2. The number of anilines is 3. The number of rotatable bonds is 3. The van der Waals surface area contributed by atoms with Crippen LogP contribution in [0.25, 0.3) is 34.9 Å². The Labute approximate surface area is 186 Å². The van der Waals surface area contributed by atoms with E-state index in [0.717, 1.165) is 45.0 Å². The van der Waals surface area contributed by atoms with Crippen molar-refractivity contribution in [3.63, 3.8) is 0 Å². The molecule has 1 aliphatic rings. The van der Waals surface area contributed by atoms with Gasteiger partial charge in [0, 0.05) is 23.0 Å². The zero-order chi connectivity index (χ0) is 21.3. The average molecular weight is 413 g/mol. The Morgan fingerprint density at radius 1 is 0.625 bits per heavy atom. The molecule has 0 amide bonds. The van der Waals surface area contributed by atoms with Gasteiger partial charge in [0.15, 0.2) is 0 Å². The molecule has 32 heavy (non-hydrogen) atoms. The molecule has 0 unspecified atom stereocenters. The van der Waals surface area contributed by atoms with Crippen molar-refractivity contribution in [3.05, 3.63) is 115 Å². The zero-order valence-corrected chi connectivity index (χ0v) is 17.2. The molecule has 0 fully saturated rings. The molecular formula is C28H19N3O. The van der Waals surface area contributed by atoms with Crippen LogP contribution in [0.15, 0.2) is 108 Å². The van der Waals surface area contributed by atoms with E-state index in [2.05, 4.69) is 87.7 Å². The van der Waals surface area contributed by atoms with Crippen LogP contribution in [0.4, 0.5) is 17.1 Å². The second-order valence-corrected chi connectivity index (χ2v) is 7.60. The second-order valence-electron chi connectivity index (χ2n) is 7.60. The molecule has 2 aromatic heterocycles. The van der Waals surface area contributed by atoms with E-state index in [1.807, 2.05) is 30.5 Å². The van der Waals surface area contributed by atoms with Gasteiger partial charge < -0.3 is 9.32 Å². The van der Waals surface area contributed by atoms with Gasteiger partial charge in [-0.15, -0.1) is 0 Å². The van der Waals surface area contributed by atoms with Gasteiger partial charge in [0.1, 0.15) is 6.26 Å². The summed E-state index contributed by atoms with van der Waals surface area (Å²) in [6, 6.07) is 29.2. The third-order valence-electron chi connectivity index (χ3n) is 5.64. The minimum atomic E-state index is 0.608. The van der Waals surface area contributed by atoms with Gasteiger partial charge in [-0.1, -0.05) is 54.6 Å². The first kappa shape index (κ1) is 18.3. The van der Waals surface area contributed by atoms with Crippen LogP contribution in [-0.2, 0) is 0 Å². The minimum absolute atomic E-state index is 0.608. The number of nitrogens with zero attached hydrogens (tertiary/aromatic N) is 3. The van der Waals surface area contributed by atoms with Gasteiger partial charge in [-0.2, -0.15) is 0 Å². The summed E-state index contributed by atoms with van der Waals surface area (Å²) >= 11 is 0. The first-order valence-electron chi connectivity index (χ1n) is 10.5. The molecule has 0 radical (unpaired) electrons. The lowest BCUT2D eigenvalue weighted by Gasteiger charge is -2.28. The van der Waals surface area contributed by atoms with Crippen molar-refractivity contribution < 1.29 is 4.42 Å². The highest BCUT2D eigenvalue weighted by Gasteiger charge is 2.21. The molecule has 4 nitrogen and oxygen atoms in total. The Kier molecular flexibility index (Phi) is 4.40. The maximum absolute atomic E-state index is 5.57. The molecule has 0 saturated heterocycles. The van der Waals surface area contributed by atoms with E-state index in [1.54, 1.807) is 12.5 Å². The van der Waals surface area contributed by atoms with E-state index in [9.17, 15) is 0 Å². The Balaban J connectivity index is 1.57. The van der Waals surface area contributed by atoms with Crippen LogP contribution >= 0.6 is 0 Å². The monoisotopic (exact) mass is 413 g/mol. The maximum Gasteiger partial charge on any atom is 0.225 e. The molecule has 0 saturated carbocycles. The van der Waals surface area contributed by atoms with Gasteiger partial charge in [-0.05, 0) is 53.6 Å². The summed E-state index contributed by atoms with van der Waals surface area (Å²) in [5.41, 5.74) is 8.49. The molecule has 5 aromatic rings. The fourth-order valence-corrected chi connectivity index (χ4v) is 4.13. The van der Waals surface area contributed by atoms with Gasteiger partial charge in [0.25, 0.3) is 0 Å².